The fourth-order valence-electron chi connectivity index (χ4n) is 2.69. The number of carbonyl (C=O) groups excluding carboxylic acids is 1. The van der Waals surface area contributed by atoms with Gasteiger partial charge in [0.2, 0.25) is 21.9 Å². The van der Waals surface area contributed by atoms with Gasteiger partial charge >= 0.3 is 0 Å². The highest BCUT2D eigenvalue weighted by Crippen LogP contribution is 2.10. The molecule has 2 rings (SSSR count). The highest BCUT2D eigenvalue weighted by Gasteiger charge is 2.13. The molecule has 1 aromatic carbocycles. The quantitative estimate of drug-likeness (QED) is 0.432. The number of ether oxygens (including phenoxy) is 1. The number of hydrogen-bond acceptors (Lipinski definition) is 7. The molecule has 0 aliphatic rings. The van der Waals surface area contributed by atoms with Gasteiger partial charge in [-0.25, -0.2) is 23.1 Å². The van der Waals surface area contributed by atoms with Crippen LogP contribution in [0.25, 0.3) is 0 Å². The van der Waals surface area contributed by atoms with Gasteiger partial charge < -0.3 is 15.4 Å². The van der Waals surface area contributed by atoms with Gasteiger partial charge in [0.05, 0.1) is 11.5 Å². The predicted octanol–water partition coefficient (Wildman–Crippen LogP) is 1.53. The second kappa shape index (κ2) is 11.6. The average molecular weight is 436 g/mol. The number of anilines is 1. The van der Waals surface area contributed by atoms with Crippen molar-refractivity contribution in [3.05, 3.63) is 47.3 Å². The summed E-state index contributed by atoms with van der Waals surface area (Å²) in [7, 11) is -2.05. The lowest BCUT2D eigenvalue weighted by molar-refractivity contribution is -0.121. The Hall–Kier alpha value is -2.56. The van der Waals surface area contributed by atoms with E-state index in [1.54, 1.807) is 12.1 Å². The molecule has 9 nitrogen and oxygen atoms in total. The Morgan fingerprint density at radius 2 is 1.73 bits per heavy atom. The van der Waals surface area contributed by atoms with Gasteiger partial charge in [0.25, 0.3) is 0 Å². The van der Waals surface area contributed by atoms with Crippen LogP contribution in [0.15, 0.2) is 35.2 Å². The Morgan fingerprint density at radius 3 is 2.37 bits per heavy atom. The molecular formula is C20H29N5O4S. The molecule has 0 aliphatic heterocycles. The minimum Gasteiger partial charge on any atom is -0.383 e. The van der Waals surface area contributed by atoms with E-state index in [-0.39, 0.29) is 17.3 Å². The van der Waals surface area contributed by atoms with Crippen LogP contribution in [-0.2, 0) is 26.1 Å². The number of sulfonamides is 1. The van der Waals surface area contributed by atoms with Crippen LogP contribution < -0.4 is 15.4 Å². The van der Waals surface area contributed by atoms with E-state index >= 15 is 0 Å². The number of benzene rings is 1. The van der Waals surface area contributed by atoms with Gasteiger partial charge in [0.1, 0.15) is 0 Å². The predicted molar refractivity (Wildman–Crippen MR) is 115 cm³/mol. The summed E-state index contributed by atoms with van der Waals surface area (Å²) in [4.78, 5) is 20.8. The summed E-state index contributed by atoms with van der Waals surface area (Å²) in [5.41, 5.74) is 2.61. The number of rotatable bonds is 12. The van der Waals surface area contributed by atoms with Crippen LogP contribution in [-0.4, -0.2) is 51.1 Å². The van der Waals surface area contributed by atoms with Crippen LogP contribution in [0, 0.1) is 13.8 Å². The van der Waals surface area contributed by atoms with Crippen molar-refractivity contribution in [2.45, 2.75) is 38.1 Å². The summed E-state index contributed by atoms with van der Waals surface area (Å²) in [6.45, 7) is 5.26. The van der Waals surface area contributed by atoms with Crippen LogP contribution in [0.5, 0.6) is 0 Å². The van der Waals surface area contributed by atoms with Gasteiger partial charge in [-0.15, -0.1) is 0 Å². The lowest BCUT2D eigenvalue weighted by atomic mass is 10.2. The molecule has 0 spiro atoms. The van der Waals surface area contributed by atoms with Gasteiger partial charge in [0.15, 0.2) is 0 Å². The molecule has 10 heteroatoms. The number of aryl methyl sites for hydroxylation is 2. The molecule has 2 aromatic rings. The average Bonchev–Trinajstić information content (AvgIpc) is 2.69. The summed E-state index contributed by atoms with van der Waals surface area (Å²) in [6, 6.07) is 8.31. The Bertz CT molecular complexity index is 912. The number of nitrogens with one attached hydrogen (secondary N) is 3. The topological polar surface area (TPSA) is 122 Å². The first-order chi connectivity index (χ1) is 14.3. The molecule has 0 unspecified atom stereocenters. The summed E-state index contributed by atoms with van der Waals surface area (Å²) >= 11 is 0. The lowest BCUT2D eigenvalue weighted by Gasteiger charge is -2.09. The van der Waals surface area contributed by atoms with Crippen LogP contribution in [0.1, 0.15) is 29.8 Å². The molecule has 0 saturated heterocycles. The second-order valence-corrected chi connectivity index (χ2v) is 8.58. The number of carbonyl (C=O) groups is 1. The van der Waals surface area contributed by atoms with E-state index in [2.05, 4.69) is 25.3 Å². The Kier molecular flexibility index (Phi) is 9.15. The van der Waals surface area contributed by atoms with Crippen LogP contribution in [0.2, 0.25) is 0 Å². The number of aromatic nitrogens is 2. The van der Waals surface area contributed by atoms with Crippen LogP contribution in [0.4, 0.5) is 5.95 Å². The molecule has 3 N–H and O–H groups in total. The van der Waals surface area contributed by atoms with E-state index in [9.17, 15) is 13.2 Å². The zero-order valence-electron chi connectivity index (χ0n) is 17.6. The molecule has 0 bridgehead atoms. The zero-order chi connectivity index (χ0) is 22.0. The van der Waals surface area contributed by atoms with Gasteiger partial charge in [-0.3, -0.25) is 4.79 Å². The largest absolute Gasteiger partial charge is 0.383 e. The van der Waals surface area contributed by atoms with Crippen molar-refractivity contribution in [2.75, 3.05) is 32.1 Å². The molecule has 30 heavy (non-hydrogen) atoms. The first-order valence-electron chi connectivity index (χ1n) is 9.70. The molecule has 1 amide bonds. The summed E-state index contributed by atoms with van der Waals surface area (Å²) in [6.07, 6.45) is 1.01. The van der Waals surface area contributed by atoms with Crippen LogP contribution in [0.3, 0.4) is 0 Å². The SMILES string of the molecule is COCCNS(=O)(=O)c1ccc(CNC(=O)CCCNc2nc(C)cc(C)n2)cc1. The number of hydrogen-bond donors (Lipinski definition) is 3. The van der Waals surface area contributed by atoms with E-state index in [0.29, 0.717) is 38.5 Å². The molecule has 1 heterocycles. The molecule has 164 valence electrons. The fourth-order valence-corrected chi connectivity index (χ4v) is 3.70. The fraction of sp³-hybridized carbons (Fsp3) is 0.450. The van der Waals surface area contributed by atoms with E-state index in [4.69, 9.17) is 4.74 Å². The molecule has 1 aromatic heterocycles. The van der Waals surface area contributed by atoms with Gasteiger partial charge in [-0.2, -0.15) is 0 Å². The third-order valence-corrected chi connectivity index (χ3v) is 5.64. The summed E-state index contributed by atoms with van der Waals surface area (Å²) in [5.74, 6) is 0.496. The Labute approximate surface area is 177 Å². The van der Waals surface area contributed by atoms with Gasteiger partial charge in [-0.05, 0) is 44.0 Å². The first-order valence-corrected chi connectivity index (χ1v) is 11.2. The maximum Gasteiger partial charge on any atom is 0.240 e. The van der Waals surface area contributed by atoms with E-state index in [1.807, 2.05) is 19.9 Å². The highest BCUT2D eigenvalue weighted by atomic mass is 32.2. The molecule has 0 saturated carbocycles. The smallest absolute Gasteiger partial charge is 0.240 e. The summed E-state index contributed by atoms with van der Waals surface area (Å²) in [5, 5.41) is 5.96. The van der Waals surface area contributed by atoms with E-state index < -0.39 is 10.0 Å². The second-order valence-electron chi connectivity index (χ2n) is 6.82. The van der Waals surface area contributed by atoms with Crippen molar-refractivity contribution < 1.29 is 17.9 Å². The third-order valence-electron chi connectivity index (χ3n) is 4.17. The number of amides is 1. The third kappa shape index (κ3) is 8.05. The lowest BCUT2D eigenvalue weighted by Crippen LogP contribution is -2.27. The van der Waals surface area contributed by atoms with Crippen molar-refractivity contribution in [3.8, 4) is 0 Å². The normalized spacial score (nSPS) is 11.3. The molecule has 0 aliphatic carbocycles. The van der Waals surface area contributed by atoms with E-state index in [0.717, 1.165) is 17.0 Å². The minimum absolute atomic E-state index is 0.0731. The minimum atomic E-state index is -3.56. The number of nitrogens with zero attached hydrogens (tertiary/aromatic N) is 2. The highest BCUT2D eigenvalue weighted by molar-refractivity contribution is 7.89. The monoisotopic (exact) mass is 435 g/mol. The van der Waals surface area contributed by atoms with E-state index in [1.165, 1.54) is 19.2 Å². The van der Waals surface area contributed by atoms with Crippen molar-refractivity contribution in [1.82, 2.24) is 20.0 Å². The maximum atomic E-state index is 12.1. The molecular weight excluding hydrogens is 406 g/mol. The summed E-state index contributed by atoms with van der Waals surface area (Å²) < 4.78 is 31.5. The van der Waals surface area contributed by atoms with Crippen molar-refractivity contribution in [1.29, 1.82) is 0 Å². The van der Waals surface area contributed by atoms with Crippen molar-refractivity contribution in [3.63, 3.8) is 0 Å². The maximum absolute atomic E-state index is 12.1. The van der Waals surface area contributed by atoms with Gasteiger partial charge in [0, 0.05) is 44.6 Å². The first kappa shape index (κ1) is 23.7. The number of methoxy groups -OCH3 is 1. The Morgan fingerprint density at radius 1 is 1.07 bits per heavy atom. The van der Waals surface area contributed by atoms with Crippen molar-refractivity contribution >= 4 is 21.9 Å². The van der Waals surface area contributed by atoms with Crippen molar-refractivity contribution in [2.24, 2.45) is 0 Å². The standard InChI is InChI=1S/C20H29N5O4S/c1-15-13-16(2)25-20(24-15)21-10-4-5-19(26)22-14-17-6-8-18(9-7-17)30(27,28)23-11-12-29-3/h6-9,13,23H,4-5,10-12,14H2,1-3H3,(H,22,26)(H,21,24,25). The van der Waals surface area contributed by atoms with Crippen LogP contribution >= 0.6 is 0 Å². The molecule has 0 radical (unpaired) electrons. The Balaban J connectivity index is 1.71. The zero-order valence-corrected chi connectivity index (χ0v) is 18.4. The molecule has 0 fully saturated rings. The molecule has 0 atom stereocenters. The van der Waals surface area contributed by atoms with Gasteiger partial charge in [-0.1, -0.05) is 12.1 Å².